The van der Waals surface area contributed by atoms with Crippen molar-refractivity contribution in [2.24, 2.45) is 5.92 Å². The Hall–Kier alpha value is -1.39. The van der Waals surface area contributed by atoms with Crippen LogP contribution in [0.5, 0.6) is 0 Å². The monoisotopic (exact) mass is 275 g/mol. The highest BCUT2D eigenvalue weighted by Gasteiger charge is 2.49. The maximum absolute atomic E-state index is 11.6. The molecule has 2 fully saturated rings. The van der Waals surface area contributed by atoms with Gasteiger partial charge < -0.3 is 9.84 Å². The van der Waals surface area contributed by atoms with E-state index in [0.717, 1.165) is 24.8 Å². The third-order valence-electron chi connectivity index (χ3n) is 4.81. The van der Waals surface area contributed by atoms with E-state index in [4.69, 9.17) is 4.74 Å². The van der Waals surface area contributed by atoms with Gasteiger partial charge in [0.05, 0.1) is 18.6 Å². The lowest BCUT2D eigenvalue weighted by Gasteiger charge is -2.40. The SMILES string of the molecule is CN1[C@H]2CC[C@@H]1[C@@H](C(=O)O)[C@@H](OCc1ccccc1)C2. The molecule has 1 aromatic carbocycles. The Morgan fingerprint density at radius 3 is 2.80 bits per heavy atom. The van der Waals surface area contributed by atoms with Crippen LogP contribution in [0.2, 0.25) is 0 Å². The summed E-state index contributed by atoms with van der Waals surface area (Å²) in [6, 6.07) is 10.6. The van der Waals surface area contributed by atoms with Crippen LogP contribution < -0.4 is 0 Å². The quantitative estimate of drug-likeness (QED) is 0.914. The lowest BCUT2D eigenvalue weighted by molar-refractivity contribution is -0.156. The first-order valence-corrected chi connectivity index (χ1v) is 7.27. The molecule has 0 saturated carbocycles. The minimum atomic E-state index is -0.722. The number of hydrogen-bond acceptors (Lipinski definition) is 3. The second kappa shape index (κ2) is 5.54. The Morgan fingerprint density at radius 2 is 2.10 bits per heavy atom. The summed E-state index contributed by atoms with van der Waals surface area (Å²) in [7, 11) is 2.05. The van der Waals surface area contributed by atoms with E-state index < -0.39 is 11.9 Å². The summed E-state index contributed by atoms with van der Waals surface area (Å²) in [5.74, 6) is -1.12. The van der Waals surface area contributed by atoms with Crippen molar-refractivity contribution in [2.45, 2.75) is 44.1 Å². The molecule has 0 amide bonds. The van der Waals surface area contributed by atoms with Gasteiger partial charge in [-0.05, 0) is 31.9 Å². The molecule has 20 heavy (non-hydrogen) atoms. The first-order valence-electron chi connectivity index (χ1n) is 7.27. The summed E-state index contributed by atoms with van der Waals surface area (Å²) in [6.07, 6.45) is 2.73. The van der Waals surface area contributed by atoms with Crippen LogP contribution in [0, 0.1) is 5.92 Å². The maximum Gasteiger partial charge on any atom is 0.310 e. The summed E-state index contributed by atoms with van der Waals surface area (Å²) in [4.78, 5) is 13.8. The maximum atomic E-state index is 11.6. The first kappa shape index (κ1) is 13.6. The number of rotatable bonds is 4. The number of piperidine rings is 1. The van der Waals surface area contributed by atoms with Gasteiger partial charge in [0.1, 0.15) is 0 Å². The van der Waals surface area contributed by atoms with E-state index in [0.29, 0.717) is 12.6 Å². The zero-order chi connectivity index (χ0) is 14.1. The van der Waals surface area contributed by atoms with Crippen molar-refractivity contribution in [1.82, 2.24) is 4.90 Å². The number of carboxylic acids is 1. The van der Waals surface area contributed by atoms with E-state index >= 15 is 0 Å². The number of hydrogen-bond donors (Lipinski definition) is 1. The standard InChI is InChI=1S/C16H21NO3/c1-17-12-7-8-13(17)15(16(18)19)14(9-12)20-10-11-5-3-2-4-6-11/h2-6,12-15H,7-10H2,1H3,(H,18,19)/t12-,13+,14-,15+/m0/s1. The van der Waals surface area contributed by atoms with Crippen LogP contribution in [0.1, 0.15) is 24.8 Å². The third-order valence-corrected chi connectivity index (χ3v) is 4.81. The summed E-state index contributed by atoms with van der Waals surface area (Å²) in [5.41, 5.74) is 1.10. The lowest BCUT2D eigenvalue weighted by Crippen LogP contribution is -2.52. The number of benzene rings is 1. The highest BCUT2D eigenvalue weighted by molar-refractivity contribution is 5.72. The summed E-state index contributed by atoms with van der Waals surface area (Å²) >= 11 is 0. The smallest absolute Gasteiger partial charge is 0.310 e. The Labute approximate surface area is 119 Å². The fourth-order valence-electron chi connectivity index (χ4n) is 3.69. The van der Waals surface area contributed by atoms with Gasteiger partial charge in [-0.15, -0.1) is 0 Å². The second-order valence-electron chi connectivity index (χ2n) is 5.90. The van der Waals surface area contributed by atoms with Gasteiger partial charge >= 0.3 is 5.97 Å². The summed E-state index contributed by atoms with van der Waals surface area (Å²) in [5, 5.41) is 9.54. The van der Waals surface area contributed by atoms with E-state index in [2.05, 4.69) is 4.90 Å². The van der Waals surface area contributed by atoms with Crippen molar-refractivity contribution in [3.05, 3.63) is 35.9 Å². The zero-order valence-corrected chi connectivity index (χ0v) is 11.7. The Morgan fingerprint density at radius 1 is 1.35 bits per heavy atom. The van der Waals surface area contributed by atoms with Crippen LogP contribution in [-0.4, -0.2) is 41.2 Å². The Kier molecular flexibility index (Phi) is 3.76. The van der Waals surface area contributed by atoms with Crippen molar-refractivity contribution in [3.63, 3.8) is 0 Å². The van der Waals surface area contributed by atoms with E-state index in [1.54, 1.807) is 0 Å². The van der Waals surface area contributed by atoms with Gasteiger partial charge in [-0.2, -0.15) is 0 Å². The van der Waals surface area contributed by atoms with Crippen molar-refractivity contribution >= 4 is 5.97 Å². The Balaban J connectivity index is 1.70. The molecule has 2 bridgehead atoms. The zero-order valence-electron chi connectivity index (χ0n) is 11.7. The molecule has 2 aliphatic heterocycles. The molecular weight excluding hydrogens is 254 g/mol. The van der Waals surface area contributed by atoms with Crippen molar-refractivity contribution in [2.75, 3.05) is 7.05 Å². The molecule has 0 spiro atoms. The number of fused-ring (bicyclic) bond motifs is 2. The molecule has 2 heterocycles. The van der Waals surface area contributed by atoms with Gasteiger partial charge in [0, 0.05) is 12.1 Å². The van der Waals surface area contributed by atoms with E-state index in [-0.39, 0.29) is 12.1 Å². The topological polar surface area (TPSA) is 49.8 Å². The van der Waals surface area contributed by atoms with E-state index in [1.165, 1.54) is 0 Å². The molecule has 0 unspecified atom stereocenters. The van der Waals surface area contributed by atoms with Gasteiger partial charge in [-0.1, -0.05) is 30.3 Å². The molecule has 2 aliphatic rings. The number of aliphatic carboxylic acids is 1. The molecule has 3 rings (SSSR count). The van der Waals surface area contributed by atoms with Gasteiger partial charge in [-0.25, -0.2) is 0 Å². The number of ether oxygens (including phenoxy) is 1. The fourth-order valence-corrected chi connectivity index (χ4v) is 3.69. The molecule has 1 N–H and O–H groups in total. The third kappa shape index (κ3) is 2.45. The molecule has 0 radical (unpaired) electrons. The van der Waals surface area contributed by atoms with Crippen LogP contribution >= 0.6 is 0 Å². The highest BCUT2D eigenvalue weighted by atomic mass is 16.5. The number of carbonyl (C=O) groups is 1. The molecule has 2 saturated heterocycles. The molecular formula is C16H21NO3. The first-order chi connectivity index (χ1) is 9.66. The molecule has 108 valence electrons. The molecule has 1 aromatic rings. The normalized spacial score (nSPS) is 33.2. The highest BCUT2D eigenvalue weighted by Crippen LogP contribution is 2.39. The summed E-state index contributed by atoms with van der Waals surface area (Å²) in [6.45, 7) is 0.498. The van der Waals surface area contributed by atoms with Gasteiger partial charge in [-0.3, -0.25) is 9.69 Å². The van der Waals surface area contributed by atoms with Gasteiger partial charge in [0.2, 0.25) is 0 Å². The van der Waals surface area contributed by atoms with Crippen molar-refractivity contribution in [3.8, 4) is 0 Å². The molecule has 4 heteroatoms. The van der Waals surface area contributed by atoms with Crippen LogP contribution in [0.3, 0.4) is 0 Å². The average molecular weight is 275 g/mol. The van der Waals surface area contributed by atoms with Gasteiger partial charge in [0.25, 0.3) is 0 Å². The minimum Gasteiger partial charge on any atom is -0.481 e. The average Bonchev–Trinajstić information content (AvgIpc) is 2.70. The Bertz CT molecular complexity index is 476. The summed E-state index contributed by atoms with van der Waals surface area (Å²) < 4.78 is 5.96. The van der Waals surface area contributed by atoms with E-state index in [9.17, 15) is 9.90 Å². The minimum absolute atomic E-state index is 0.132. The van der Waals surface area contributed by atoms with Crippen molar-refractivity contribution in [1.29, 1.82) is 0 Å². The lowest BCUT2D eigenvalue weighted by atomic mass is 9.87. The fraction of sp³-hybridized carbons (Fsp3) is 0.562. The van der Waals surface area contributed by atoms with Crippen LogP contribution in [0.15, 0.2) is 30.3 Å². The van der Waals surface area contributed by atoms with Crippen LogP contribution in [-0.2, 0) is 16.1 Å². The predicted molar refractivity (Wildman–Crippen MR) is 75.3 cm³/mol. The number of carboxylic acid groups (broad SMARTS) is 1. The second-order valence-corrected chi connectivity index (χ2v) is 5.90. The van der Waals surface area contributed by atoms with Crippen LogP contribution in [0.25, 0.3) is 0 Å². The number of nitrogens with zero attached hydrogens (tertiary/aromatic N) is 1. The molecule has 0 aliphatic carbocycles. The van der Waals surface area contributed by atoms with Gasteiger partial charge in [0.15, 0.2) is 0 Å². The molecule has 4 atom stereocenters. The largest absolute Gasteiger partial charge is 0.481 e. The predicted octanol–water partition coefficient (Wildman–Crippen LogP) is 2.14. The van der Waals surface area contributed by atoms with E-state index in [1.807, 2.05) is 37.4 Å². The van der Waals surface area contributed by atoms with Crippen molar-refractivity contribution < 1.29 is 14.6 Å². The molecule has 0 aromatic heterocycles. The molecule has 4 nitrogen and oxygen atoms in total. The van der Waals surface area contributed by atoms with Crippen LogP contribution in [0.4, 0.5) is 0 Å².